The van der Waals surface area contributed by atoms with Gasteiger partial charge in [-0.3, -0.25) is 4.79 Å². The Kier molecular flexibility index (Phi) is 1.67. The van der Waals surface area contributed by atoms with Gasteiger partial charge in [-0.05, 0) is 24.2 Å². The third-order valence-corrected chi connectivity index (χ3v) is 3.26. The summed E-state index contributed by atoms with van der Waals surface area (Å²) in [5.41, 5.74) is 1.21. The maximum Gasteiger partial charge on any atom is 0.149 e. The van der Waals surface area contributed by atoms with Gasteiger partial charge in [-0.15, -0.1) is 0 Å². The minimum atomic E-state index is 0.354. The molecule has 2 atom stereocenters. The first-order chi connectivity index (χ1) is 5.74. The zero-order chi connectivity index (χ0) is 8.60. The number of carbonyl (C=O) groups excluding carboxylic acids is 1. The molecule has 0 amide bonds. The molecular weight excluding hydrogens is 148 g/mol. The van der Waals surface area contributed by atoms with Gasteiger partial charge in [0.1, 0.15) is 6.29 Å². The third kappa shape index (κ3) is 1.04. The number of hydrogen-bond donors (Lipinski definition) is 0. The summed E-state index contributed by atoms with van der Waals surface area (Å²) in [6, 6.07) is 0. The Morgan fingerprint density at radius 2 is 2.50 bits per heavy atom. The molecule has 2 aliphatic rings. The van der Waals surface area contributed by atoms with E-state index in [1.165, 1.54) is 19.3 Å². The Morgan fingerprint density at radius 1 is 1.67 bits per heavy atom. The Hall–Kier alpha value is -0.850. The minimum absolute atomic E-state index is 0.354. The molecule has 0 radical (unpaired) electrons. The predicted molar refractivity (Wildman–Crippen MR) is 48.7 cm³/mol. The average Bonchev–Trinajstić information content (AvgIpc) is 2.45. The lowest BCUT2D eigenvalue weighted by Crippen LogP contribution is -2.20. The highest BCUT2D eigenvalue weighted by Gasteiger charge is 2.36. The van der Waals surface area contributed by atoms with E-state index in [2.05, 4.69) is 19.1 Å². The van der Waals surface area contributed by atoms with Crippen molar-refractivity contribution in [3.63, 3.8) is 0 Å². The van der Waals surface area contributed by atoms with Gasteiger partial charge < -0.3 is 0 Å². The third-order valence-electron chi connectivity index (χ3n) is 3.26. The quantitative estimate of drug-likeness (QED) is 0.541. The maximum absolute atomic E-state index is 10.5. The van der Waals surface area contributed by atoms with Gasteiger partial charge in [-0.1, -0.05) is 31.6 Å². The summed E-state index contributed by atoms with van der Waals surface area (Å²) in [5, 5.41) is 0. The second-order valence-electron chi connectivity index (χ2n) is 4.12. The monoisotopic (exact) mass is 162 g/mol. The molecular formula is C11H14O. The van der Waals surface area contributed by atoms with Gasteiger partial charge in [0, 0.05) is 5.57 Å². The molecule has 0 spiro atoms. The highest BCUT2D eigenvalue weighted by molar-refractivity contribution is 5.78. The SMILES string of the molecule is CC12C=CC(C=O)=CC1CCC2. The van der Waals surface area contributed by atoms with E-state index >= 15 is 0 Å². The molecule has 0 aromatic heterocycles. The van der Waals surface area contributed by atoms with Crippen molar-refractivity contribution >= 4 is 6.29 Å². The van der Waals surface area contributed by atoms with E-state index in [1.54, 1.807) is 0 Å². The fourth-order valence-electron chi connectivity index (χ4n) is 2.35. The fourth-order valence-corrected chi connectivity index (χ4v) is 2.35. The van der Waals surface area contributed by atoms with Crippen molar-refractivity contribution < 1.29 is 4.79 Å². The lowest BCUT2D eigenvalue weighted by Gasteiger charge is -2.28. The van der Waals surface area contributed by atoms with E-state index in [4.69, 9.17) is 0 Å². The van der Waals surface area contributed by atoms with Crippen molar-refractivity contribution in [2.45, 2.75) is 26.2 Å². The van der Waals surface area contributed by atoms with E-state index < -0.39 is 0 Å². The van der Waals surface area contributed by atoms with Gasteiger partial charge in [0.05, 0.1) is 0 Å². The van der Waals surface area contributed by atoms with Crippen molar-refractivity contribution in [2.75, 3.05) is 0 Å². The summed E-state index contributed by atoms with van der Waals surface area (Å²) in [5.74, 6) is 0.614. The molecule has 1 saturated carbocycles. The summed E-state index contributed by atoms with van der Waals surface area (Å²) in [6.07, 6.45) is 11.1. The molecule has 1 nitrogen and oxygen atoms in total. The number of hydrogen-bond acceptors (Lipinski definition) is 1. The van der Waals surface area contributed by atoms with E-state index in [9.17, 15) is 4.79 Å². The van der Waals surface area contributed by atoms with E-state index in [0.29, 0.717) is 11.3 Å². The van der Waals surface area contributed by atoms with Crippen LogP contribution in [0.5, 0.6) is 0 Å². The second kappa shape index (κ2) is 2.58. The largest absolute Gasteiger partial charge is 0.298 e. The molecule has 2 unspecified atom stereocenters. The van der Waals surface area contributed by atoms with Crippen LogP contribution in [0.25, 0.3) is 0 Å². The molecule has 0 N–H and O–H groups in total. The summed E-state index contributed by atoms with van der Waals surface area (Å²) in [7, 11) is 0. The van der Waals surface area contributed by atoms with Crippen LogP contribution in [0.15, 0.2) is 23.8 Å². The zero-order valence-electron chi connectivity index (χ0n) is 7.42. The molecule has 2 rings (SSSR count). The lowest BCUT2D eigenvalue weighted by molar-refractivity contribution is -0.104. The molecule has 0 heterocycles. The Bertz CT molecular complexity index is 262. The normalized spacial score (nSPS) is 39.1. The topological polar surface area (TPSA) is 17.1 Å². The molecule has 2 aliphatic carbocycles. The van der Waals surface area contributed by atoms with Crippen molar-refractivity contribution in [3.05, 3.63) is 23.8 Å². The highest BCUT2D eigenvalue weighted by atomic mass is 16.1. The van der Waals surface area contributed by atoms with Gasteiger partial charge in [-0.25, -0.2) is 0 Å². The van der Waals surface area contributed by atoms with Crippen LogP contribution in [0.1, 0.15) is 26.2 Å². The number of fused-ring (bicyclic) bond motifs is 1. The Balaban J connectivity index is 2.30. The van der Waals surface area contributed by atoms with Crippen LogP contribution in [-0.4, -0.2) is 6.29 Å². The van der Waals surface area contributed by atoms with Crippen LogP contribution < -0.4 is 0 Å². The van der Waals surface area contributed by atoms with E-state index in [1.807, 2.05) is 6.08 Å². The van der Waals surface area contributed by atoms with E-state index in [0.717, 1.165) is 11.9 Å². The molecule has 0 aliphatic heterocycles. The van der Waals surface area contributed by atoms with Crippen molar-refractivity contribution in [2.24, 2.45) is 11.3 Å². The van der Waals surface area contributed by atoms with Gasteiger partial charge in [-0.2, -0.15) is 0 Å². The summed E-state index contributed by atoms with van der Waals surface area (Å²) in [6.45, 7) is 2.29. The number of allylic oxidation sites excluding steroid dienone is 4. The zero-order valence-corrected chi connectivity index (χ0v) is 7.42. The summed E-state index contributed by atoms with van der Waals surface area (Å²) >= 11 is 0. The minimum Gasteiger partial charge on any atom is -0.298 e. The van der Waals surface area contributed by atoms with Crippen LogP contribution in [0.2, 0.25) is 0 Å². The van der Waals surface area contributed by atoms with E-state index in [-0.39, 0.29) is 0 Å². The molecule has 1 fully saturated rings. The van der Waals surface area contributed by atoms with Gasteiger partial charge in [0.25, 0.3) is 0 Å². The molecule has 0 bridgehead atoms. The predicted octanol–water partition coefficient (Wildman–Crippen LogP) is 2.49. The smallest absolute Gasteiger partial charge is 0.149 e. The standard InChI is InChI=1S/C11H14O/c1-11-5-2-3-10(11)7-9(8-12)4-6-11/h4,6-8,10H,2-3,5H2,1H3. The first-order valence-corrected chi connectivity index (χ1v) is 4.61. The molecule has 0 aromatic carbocycles. The van der Waals surface area contributed by atoms with Gasteiger partial charge in [0.2, 0.25) is 0 Å². The Labute approximate surface area is 73.2 Å². The van der Waals surface area contributed by atoms with Crippen LogP contribution in [-0.2, 0) is 4.79 Å². The highest BCUT2D eigenvalue weighted by Crippen LogP contribution is 2.47. The average molecular weight is 162 g/mol. The van der Waals surface area contributed by atoms with Crippen molar-refractivity contribution in [1.82, 2.24) is 0 Å². The van der Waals surface area contributed by atoms with Gasteiger partial charge >= 0.3 is 0 Å². The lowest BCUT2D eigenvalue weighted by atomic mass is 9.76. The van der Waals surface area contributed by atoms with Crippen LogP contribution >= 0.6 is 0 Å². The molecule has 64 valence electrons. The van der Waals surface area contributed by atoms with Gasteiger partial charge in [0.15, 0.2) is 0 Å². The number of carbonyl (C=O) groups is 1. The fraction of sp³-hybridized carbons (Fsp3) is 0.545. The van der Waals surface area contributed by atoms with Crippen LogP contribution in [0.4, 0.5) is 0 Å². The number of rotatable bonds is 1. The second-order valence-corrected chi connectivity index (χ2v) is 4.12. The molecule has 0 aromatic rings. The Morgan fingerprint density at radius 3 is 3.25 bits per heavy atom. The number of aldehydes is 1. The molecule has 1 heteroatoms. The maximum atomic E-state index is 10.5. The molecule has 12 heavy (non-hydrogen) atoms. The molecule has 0 saturated heterocycles. The first-order valence-electron chi connectivity index (χ1n) is 4.61. The van der Waals surface area contributed by atoms with Crippen LogP contribution in [0, 0.1) is 11.3 Å². The van der Waals surface area contributed by atoms with Crippen molar-refractivity contribution in [1.29, 1.82) is 0 Å². The van der Waals surface area contributed by atoms with Crippen molar-refractivity contribution in [3.8, 4) is 0 Å². The first kappa shape index (κ1) is 7.78. The summed E-state index contributed by atoms with van der Waals surface area (Å²) in [4.78, 5) is 10.5. The van der Waals surface area contributed by atoms with Crippen LogP contribution in [0.3, 0.4) is 0 Å². The summed E-state index contributed by atoms with van der Waals surface area (Å²) < 4.78 is 0.